The second-order valence-electron chi connectivity index (χ2n) is 6.40. The van der Waals surface area contributed by atoms with Gasteiger partial charge < -0.3 is 19.9 Å². The fourth-order valence-corrected chi connectivity index (χ4v) is 2.79. The van der Waals surface area contributed by atoms with Crippen molar-refractivity contribution in [2.75, 3.05) is 13.7 Å². The van der Waals surface area contributed by atoms with Crippen LogP contribution in [0, 0.1) is 0 Å². The molecule has 3 aromatic rings. The first-order chi connectivity index (χ1) is 13.9. The molecule has 0 atom stereocenters. The van der Waals surface area contributed by atoms with Gasteiger partial charge >= 0.3 is 6.18 Å². The van der Waals surface area contributed by atoms with Gasteiger partial charge in [0.2, 0.25) is 0 Å². The SMILES string of the molecule is CN=C(NCc1ccc(OCC(F)(F)F)cc1)NCc1nc2ccccc2n1C. The van der Waals surface area contributed by atoms with Crippen LogP contribution in [0.5, 0.6) is 5.75 Å². The van der Waals surface area contributed by atoms with E-state index in [4.69, 9.17) is 4.74 Å². The summed E-state index contributed by atoms with van der Waals surface area (Å²) in [5, 5.41) is 6.38. The van der Waals surface area contributed by atoms with E-state index in [9.17, 15) is 13.2 Å². The minimum atomic E-state index is -4.35. The monoisotopic (exact) mass is 405 g/mol. The lowest BCUT2D eigenvalue weighted by atomic mass is 10.2. The van der Waals surface area contributed by atoms with E-state index < -0.39 is 12.8 Å². The van der Waals surface area contributed by atoms with E-state index in [1.54, 1.807) is 19.2 Å². The molecular weight excluding hydrogens is 383 g/mol. The largest absolute Gasteiger partial charge is 0.484 e. The van der Waals surface area contributed by atoms with E-state index in [-0.39, 0.29) is 5.75 Å². The van der Waals surface area contributed by atoms with E-state index in [1.165, 1.54) is 12.1 Å². The number of aromatic nitrogens is 2. The lowest BCUT2D eigenvalue weighted by Crippen LogP contribution is -2.36. The summed E-state index contributed by atoms with van der Waals surface area (Å²) in [7, 11) is 3.63. The number of imidazole rings is 1. The molecule has 0 amide bonds. The van der Waals surface area contributed by atoms with Gasteiger partial charge in [-0.15, -0.1) is 0 Å². The molecule has 1 heterocycles. The Labute approximate surface area is 166 Å². The number of alkyl halides is 3. The molecule has 0 fully saturated rings. The third-order valence-electron chi connectivity index (χ3n) is 4.30. The number of halogens is 3. The minimum absolute atomic E-state index is 0.176. The molecular formula is C20H22F3N5O. The highest BCUT2D eigenvalue weighted by atomic mass is 19.4. The number of para-hydroxylation sites is 2. The Bertz CT molecular complexity index is 980. The second kappa shape index (κ2) is 8.85. The van der Waals surface area contributed by atoms with Crippen molar-refractivity contribution in [1.29, 1.82) is 0 Å². The molecule has 2 aromatic carbocycles. The predicted molar refractivity (Wildman–Crippen MR) is 106 cm³/mol. The highest BCUT2D eigenvalue weighted by molar-refractivity contribution is 5.80. The summed E-state index contributed by atoms with van der Waals surface area (Å²) in [6.07, 6.45) is -4.35. The van der Waals surface area contributed by atoms with Crippen LogP contribution < -0.4 is 15.4 Å². The van der Waals surface area contributed by atoms with Gasteiger partial charge in [0.25, 0.3) is 0 Å². The summed E-state index contributed by atoms with van der Waals surface area (Å²) in [6.45, 7) is -0.347. The van der Waals surface area contributed by atoms with Crippen molar-refractivity contribution in [3.8, 4) is 5.75 Å². The number of nitrogens with one attached hydrogen (secondary N) is 2. The summed E-state index contributed by atoms with van der Waals surface area (Å²) < 4.78 is 43.3. The Balaban J connectivity index is 1.52. The molecule has 0 aliphatic carbocycles. The standard InChI is InChI=1S/C20H22F3N5O/c1-24-19(26-12-18-27-16-5-3-4-6-17(16)28(18)2)25-11-14-7-9-15(10-8-14)29-13-20(21,22)23/h3-10H,11-13H2,1-2H3,(H2,24,25,26). The zero-order valence-electron chi connectivity index (χ0n) is 16.1. The number of ether oxygens (including phenoxy) is 1. The van der Waals surface area contributed by atoms with Crippen LogP contribution in [0.3, 0.4) is 0 Å². The lowest BCUT2D eigenvalue weighted by Gasteiger charge is -2.13. The van der Waals surface area contributed by atoms with Crippen LogP contribution in [0.1, 0.15) is 11.4 Å². The van der Waals surface area contributed by atoms with Crippen LogP contribution in [0.15, 0.2) is 53.5 Å². The first-order valence-electron chi connectivity index (χ1n) is 8.99. The van der Waals surface area contributed by atoms with Crippen LogP contribution in [0.2, 0.25) is 0 Å². The van der Waals surface area contributed by atoms with Crippen LogP contribution in [0.4, 0.5) is 13.2 Å². The molecule has 0 bridgehead atoms. The molecule has 0 spiro atoms. The van der Waals surface area contributed by atoms with Crippen molar-refractivity contribution in [3.63, 3.8) is 0 Å². The van der Waals surface area contributed by atoms with Gasteiger partial charge in [0, 0.05) is 20.6 Å². The van der Waals surface area contributed by atoms with Crippen molar-refractivity contribution < 1.29 is 17.9 Å². The molecule has 2 N–H and O–H groups in total. The average molecular weight is 405 g/mol. The zero-order chi connectivity index (χ0) is 20.9. The Morgan fingerprint density at radius 1 is 1.07 bits per heavy atom. The topological polar surface area (TPSA) is 63.5 Å². The number of hydrogen-bond donors (Lipinski definition) is 2. The average Bonchev–Trinajstić information content (AvgIpc) is 3.03. The maximum absolute atomic E-state index is 12.2. The van der Waals surface area contributed by atoms with Crippen molar-refractivity contribution in [3.05, 3.63) is 59.9 Å². The van der Waals surface area contributed by atoms with Gasteiger partial charge in [0.1, 0.15) is 11.6 Å². The highest BCUT2D eigenvalue weighted by Crippen LogP contribution is 2.19. The van der Waals surface area contributed by atoms with Crippen molar-refractivity contribution >= 4 is 17.0 Å². The fraction of sp³-hybridized carbons (Fsp3) is 0.300. The quantitative estimate of drug-likeness (QED) is 0.488. The third kappa shape index (κ3) is 5.63. The van der Waals surface area contributed by atoms with Gasteiger partial charge in [-0.05, 0) is 29.8 Å². The number of nitrogens with zero attached hydrogens (tertiary/aromatic N) is 3. The second-order valence-corrected chi connectivity index (χ2v) is 6.40. The van der Waals surface area contributed by atoms with Gasteiger partial charge in [-0.1, -0.05) is 24.3 Å². The van der Waals surface area contributed by atoms with Crippen LogP contribution >= 0.6 is 0 Å². The van der Waals surface area contributed by atoms with Crippen LogP contribution in [0.25, 0.3) is 11.0 Å². The predicted octanol–water partition coefficient (Wildman–Crippen LogP) is 3.38. The summed E-state index contributed by atoms with van der Waals surface area (Å²) >= 11 is 0. The number of aliphatic imine (C=N–C) groups is 1. The first-order valence-corrected chi connectivity index (χ1v) is 8.99. The molecule has 3 rings (SSSR count). The Morgan fingerprint density at radius 2 is 1.76 bits per heavy atom. The zero-order valence-corrected chi connectivity index (χ0v) is 16.1. The number of hydrogen-bond acceptors (Lipinski definition) is 3. The van der Waals surface area contributed by atoms with Gasteiger partial charge in [-0.2, -0.15) is 13.2 Å². The summed E-state index contributed by atoms with van der Waals surface area (Å²) in [6, 6.07) is 14.3. The molecule has 154 valence electrons. The van der Waals surface area contributed by atoms with E-state index in [1.807, 2.05) is 35.9 Å². The first kappa shape index (κ1) is 20.5. The maximum Gasteiger partial charge on any atom is 0.422 e. The van der Waals surface area contributed by atoms with Gasteiger partial charge in [0.05, 0.1) is 17.6 Å². The Morgan fingerprint density at radius 3 is 2.41 bits per heavy atom. The van der Waals surface area contributed by atoms with E-state index >= 15 is 0 Å². The molecule has 9 heteroatoms. The Hall–Kier alpha value is -3.23. The molecule has 0 radical (unpaired) electrons. The summed E-state index contributed by atoms with van der Waals surface area (Å²) in [4.78, 5) is 8.79. The molecule has 0 unspecified atom stereocenters. The molecule has 1 aromatic heterocycles. The van der Waals surface area contributed by atoms with Crippen LogP contribution in [-0.4, -0.2) is 35.3 Å². The molecule has 0 saturated carbocycles. The number of benzene rings is 2. The number of aryl methyl sites for hydroxylation is 1. The molecule has 0 saturated heterocycles. The number of fused-ring (bicyclic) bond motifs is 1. The third-order valence-corrected chi connectivity index (χ3v) is 4.30. The lowest BCUT2D eigenvalue weighted by molar-refractivity contribution is -0.153. The number of guanidine groups is 1. The van der Waals surface area contributed by atoms with E-state index in [2.05, 4.69) is 20.6 Å². The van der Waals surface area contributed by atoms with Gasteiger partial charge in [-0.3, -0.25) is 4.99 Å². The fourth-order valence-electron chi connectivity index (χ4n) is 2.79. The number of rotatable bonds is 6. The van der Waals surface area contributed by atoms with Crippen molar-refractivity contribution in [1.82, 2.24) is 20.2 Å². The molecule has 29 heavy (non-hydrogen) atoms. The van der Waals surface area contributed by atoms with Crippen molar-refractivity contribution in [2.24, 2.45) is 12.0 Å². The van der Waals surface area contributed by atoms with Gasteiger partial charge in [-0.25, -0.2) is 4.98 Å². The smallest absolute Gasteiger partial charge is 0.422 e. The molecule has 6 nitrogen and oxygen atoms in total. The molecule has 0 aliphatic rings. The van der Waals surface area contributed by atoms with Gasteiger partial charge in [0.15, 0.2) is 12.6 Å². The van der Waals surface area contributed by atoms with E-state index in [0.717, 1.165) is 22.4 Å². The van der Waals surface area contributed by atoms with Crippen molar-refractivity contribution in [2.45, 2.75) is 19.3 Å². The Kier molecular flexibility index (Phi) is 6.26. The van der Waals surface area contributed by atoms with E-state index in [0.29, 0.717) is 19.0 Å². The summed E-state index contributed by atoms with van der Waals surface area (Å²) in [5.41, 5.74) is 2.87. The maximum atomic E-state index is 12.2. The minimum Gasteiger partial charge on any atom is -0.484 e. The van der Waals surface area contributed by atoms with Crippen LogP contribution in [-0.2, 0) is 20.1 Å². The highest BCUT2D eigenvalue weighted by Gasteiger charge is 2.28. The summed E-state index contributed by atoms with van der Waals surface area (Å²) in [5.74, 6) is 1.64. The molecule has 0 aliphatic heterocycles. The normalized spacial score (nSPS) is 12.2.